The van der Waals surface area contributed by atoms with E-state index in [2.05, 4.69) is 5.32 Å². The first-order valence-corrected chi connectivity index (χ1v) is 7.13. The highest BCUT2D eigenvalue weighted by Gasteiger charge is 2.38. The van der Waals surface area contributed by atoms with Crippen molar-refractivity contribution in [1.29, 1.82) is 0 Å². The number of thiocarbonyl (C=S) groups is 1. The van der Waals surface area contributed by atoms with Gasteiger partial charge in [-0.05, 0) is 31.6 Å². The van der Waals surface area contributed by atoms with Crippen LogP contribution in [0.4, 0.5) is 0 Å². The highest BCUT2D eigenvalue weighted by molar-refractivity contribution is 7.80. The standard InChI is InChI=1S/C13H24N2O2S/c1-3-13(4-2,11(14)18)12(16)15-9-10-5-7-17-8-6-10/h10H,3-9H2,1-2H3,(H2,14,18)(H,15,16). The second kappa shape index (κ2) is 7.04. The Balaban J connectivity index is 2.53. The molecule has 0 aromatic carbocycles. The van der Waals surface area contributed by atoms with Gasteiger partial charge in [0.1, 0.15) is 0 Å². The maximum absolute atomic E-state index is 12.3. The zero-order valence-corrected chi connectivity index (χ0v) is 12.1. The Labute approximate surface area is 115 Å². The van der Waals surface area contributed by atoms with Crippen LogP contribution in [0.1, 0.15) is 39.5 Å². The lowest BCUT2D eigenvalue weighted by Crippen LogP contribution is -2.49. The van der Waals surface area contributed by atoms with Gasteiger partial charge in [-0.2, -0.15) is 0 Å². The van der Waals surface area contributed by atoms with Crippen LogP contribution in [0.2, 0.25) is 0 Å². The molecule has 1 heterocycles. The largest absolute Gasteiger partial charge is 0.392 e. The van der Waals surface area contributed by atoms with Crippen LogP contribution in [0.15, 0.2) is 0 Å². The maximum Gasteiger partial charge on any atom is 0.233 e. The van der Waals surface area contributed by atoms with Crippen molar-refractivity contribution < 1.29 is 9.53 Å². The summed E-state index contributed by atoms with van der Waals surface area (Å²) < 4.78 is 5.30. The van der Waals surface area contributed by atoms with Crippen molar-refractivity contribution in [1.82, 2.24) is 5.32 Å². The normalized spacial score (nSPS) is 17.4. The van der Waals surface area contributed by atoms with E-state index >= 15 is 0 Å². The first kappa shape index (κ1) is 15.4. The van der Waals surface area contributed by atoms with Gasteiger partial charge in [0.05, 0.1) is 10.4 Å². The molecule has 1 rings (SSSR count). The minimum Gasteiger partial charge on any atom is -0.392 e. The molecule has 0 aromatic rings. The number of hydrogen-bond donors (Lipinski definition) is 2. The number of nitrogens with two attached hydrogens (primary N) is 1. The molecule has 0 unspecified atom stereocenters. The Bertz CT molecular complexity index is 297. The number of carbonyl (C=O) groups excluding carboxylic acids is 1. The number of hydrogen-bond acceptors (Lipinski definition) is 3. The van der Waals surface area contributed by atoms with E-state index < -0.39 is 5.41 Å². The van der Waals surface area contributed by atoms with Crippen LogP contribution < -0.4 is 11.1 Å². The Kier molecular flexibility index (Phi) is 6.02. The molecule has 4 nitrogen and oxygen atoms in total. The van der Waals surface area contributed by atoms with E-state index in [1.807, 2.05) is 13.8 Å². The number of ether oxygens (including phenoxy) is 1. The molecule has 1 amide bonds. The molecule has 0 saturated carbocycles. The van der Waals surface area contributed by atoms with Crippen molar-refractivity contribution in [3.63, 3.8) is 0 Å². The van der Waals surface area contributed by atoms with Crippen LogP contribution in [-0.4, -0.2) is 30.7 Å². The highest BCUT2D eigenvalue weighted by atomic mass is 32.1. The van der Waals surface area contributed by atoms with E-state index in [1.165, 1.54) is 0 Å². The highest BCUT2D eigenvalue weighted by Crippen LogP contribution is 2.27. The summed E-state index contributed by atoms with van der Waals surface area (Å²) in [6.07, 6.45) is 3.33. The molecular weight excluding hydrogens is 248 g/mol. The second-order valence-electron chi connectivity index (χ2n) is 4.92. The Hall–Kier alpha value is -0.680. The summed E-state index contributed by atoms with van der Waals surface area (Å²) >= 11 is 5.07. The summed E-state index contributed by atoms with van der Waals surface area (Å²) in [5.41, 5.74) is 5.07. The van der Waals surface area contributed by atoms with E-state index in [-0.39, 0.29) is 5.91 Å². The Morgan fingerprint density at radius 2 is 1.94 bits per heavy atom. The van der Waals surface area contributed by atoms with Gasteiger partial charge in [0.25, 0.3) is 0 Å². The molecular formula is C13H24N2O2S. The molecule has 0 bridgehead atoms. The molecule has 1 fully saturated rings. The van der Waals surface area contributed by atoms with E-state index in [0.29, 0.717) is 30.3 Å². The van der Waals surface area contributed by atoms with Gasteiger partial charge in [-0.25, -0.2) is 0 Å². The molecule has 1 saturated heterocycles. The fourth-order valence-corrected chi connectivity index (χ4v) is 2.77. The topological polar surface area (TPSA) is 64.3 Å². The maximum atomic E-state index is 12.3. The van der Waals surface area contributed by atoms with Crippen LogP contribution in [0.25, 0.3) is 0 Å². The smallest absolute Gasteiger partial charge is 0.233 e. The van der Waals surface area contributed by atoms with E-state index in [1.54, 1.807) is 0 Å². The van der Waals surface area contributed by atoms with Crippen LogP contribution in [-0.2, 0) is 9.53 Å². The summed E-state index contributed by atoms with van der Waals surface area (Å²) in [5.74, 6) is 0.493. The van der Waals surface area contributed by atoms with Crippen molar-refractivity contribution in [2.45, 2.75) is 39.5 Å². The monoisotopic (exact) mass is 272 g/mol. The number of carbonyl (C=O) groups is 1. The fraction of sp³-hybridized carbons (Fsp3) is 0.846. The van der Waals surface area contributed by atoms with Gasteiger partial charge in [-0.15, -0.1) is 0 Å². The van der Waals surface area contributed by atoms with Crippen LogP contribution in [0.3, 0.4) is 0 Å². The molecule has 5 heteroatoms. The molecule has 0 aromatic heterocycles. The molecule has 0 radical (unpaired) electrons. The summed E-state index contributed by atoms with van der Waals surface area (Å²) in [4.78, 5) is 12.6. The van der Waals surface area contributed by atoms with Crippen molar-refractivity contribution in [3.8, 4) is 0 Å². The number of nitrogens with one attached hydrogen (secondary N) is 1. The third kappa shape index (κ3) is 3.42. The number of rotatable bonds is 6. The van der Waals surface area contributed by atoms with Crippen LogP contribution in [0.5, 0.6) is 0 Å². The minimum atomic E-state index is -0.680. The number of amides is 1. The zero-order chi connectivity index (χ0) is 13.6. The SMILES string of the molecule is CCC(CC)(C(=O)NCC1CCOCC1)C(N)=S. The molecule has 18 heavy (non-hydrogen) atoms. The first-order chi connectivity index (χ1) is 8.56. The van der Waals surface area contributed by atoms with Gasteiger partial charge < -0.3 is 15.8 Å². The third-order valence-electron chi connectivity index (χ3n) is 4.01. The van der Waals surface area contributed by atoms with Gasteiger partial charge in [0.15, 0.2) is 0 Å². The van der Waals surface area contributed by atoms with E-state index in [9.17, 15) is 4.79 Å². The molecule has 3 N–H and O–H groups in total. The van der Waals surface area contributed by atoms with E-state index in [0.717, 1.165) is 26.1 Å². The lowest BCUT2D eigenvalue weighted by Gasteiger charge is -2.30. The van der Waals surface area contributed by atoms with E-state index in [4.69, 9.17) is 22.7 Å². The molecule has 104 valence electrons. The lowest BCUT2D eigenvalue weighted by atomic mass is 9.81. The van der Waals surface area contributed by atoms with Gasteiger partial charge >= 0.3 is 0 Å². The molecule has 0 spiro atoms. The molecule has 1 aliphatic rings. The molecule has 0 aliphatic carbocycles. The van der Waals surface area contributed by atoms with Crippen molar-refractivity contribution >= 4 is 23.1 Å². The van der Waals surface area contributed by atoms with Gasteiger partial charge in [0.2, 0.25) is 5.91 Å². The summed E-state index contributed by atoms with van der Waals surface area (Å²) in [7, 11) is 0. The average molecular weight is 272 g/mol. The minimum absolute atomic E-state index is 0.0218. The van der Waals surface area contributed by atoms with Crippen molar-refractivity contribution in [3.05, 3.63) is 0 Å². The summed E-state index contributed by atoms with van der Waals surface area (Å²) in [6, 6.07) is 0. The van der Waals surface area contributed by atoms with Gasteiger partial charge in [0, 0.05) is 19.8 Å². The Morgan fingerprint density at radius 1 is 1.39 bits per heavy atom. The first-order valence-electron chi connectivity index (χ1n) is 6.72. The predicted octanol–water partition coefficient (Wildman–Crippen LogP) is 1.62. The van der Waals surface area contributed by atoms with Crippen molar-refractivity contribution in [2.24, 2.45) is 17.1 Å². The molecule has 0 atom stereocenters. The summed E-state index contributed by atoms with van der Waals surface area (Å²) in [5, 5.41) is 3.01. The quantitative estimate of drug-likeness (QED) is 0.721. The predicted molar refractivity (Wildman–Crippen MR) is 76.4 cm³/mol. The lowest BCUT2D eigenvalue weighted by molar-refractivity contribution is -0.128. The van der Waals surface area contributed by atoms with Crippen molar-refractivity contribution in [2.75, 3.05) is 19.8 Å². The Morgan fingerprint density at radius 3 is 2.39 bits per heavy atom. The average Bonchev–Trinajstić information content (AvgIpc) is 2.39. The van der Waals surface area contributed by atoms with Crippen LogP contribution in [0, 0.1) is 11.3 Å². The van der Waals surface area contributed by atoms with Gasteiger partial charge in [-0.1, -0.05) is 26.1 Å². The summed E-state index contributed by atoms with van der Waals surface area (Å²) in [6.45, 7) is 6.20. The molecule has 1 aliphatic heterocycles. The second-order valence-corrected chi connectivity index (χ2v) is 5.36. The zero-order valence-electron chi connectivity index (χ0n) is 11.3. The fourth-order valence-electron chi connectivity index (χ4n) is 2.39. The van der Waals surface area contributed by atoms with Crippen LogP contribution >= 0.6 is 12.2 Å². The van der Waals surface area contributed by atoms with Gasteiger partial charge in [-0.3, -0.25) is 4.79 Å². The third-order valence-corrected chi connectivity index (χ3v) is 4.40.